The van der Waals surface area contributed by atoms with E-state index < -0.39 is 0 Å². The van der Waals surface area contributed by atoms with Crippen LogP contribution in [0.1, 0.15) is 36.5 Å². The monoisotopic (exact) mass is 378 g/mol. The minimum Gasteiger partial charge on any atom is -0.357 e. The van der Waals surface area contributed by atoms with Crippen LogP contribution in [0.3, 0.4) is 0 Å². The highest BCUT2D eigenvalue weighted by atomic mass is 16.2. The van der Waals surface area contributed by atoms with Gasteiger partial charge in [0.05, 0.1) is 6.54 Å². The minimum atomic E-state index is 0.269. The molecule has 2 aromatic rings. The molecular formula is C23H30N4O. The Labute approximate surface area is 167 Å². The highest BCUT2D eigenvalue weighted by molar-refractivity contribution is 5.79. The lowest BCUT2D eigenvalue weighted by molar-refractivity contribution is -0.128. The topological polar surface area (TPSA) is 56.7 Å². The summed E-state index contributed by atoms with van der Waals surface area (Å²) < 4.78 is 0. The molecule has 0 radical (unpaired) electrons. The molecule has 0 aromatic heterocycles. The number of guanidine groups is 1. The smallest absolute Gasteiger partial charge is 0.222 e. The summed E-state index contributed by atoms with van der Waals surface area (Å²) in [5.74, 6) is 1.11. The number of carbonyl (C=O) groups excluding carboxylic acids is 1. The van der Waals surface area contributed by atoms with Crippen LogP contribution in [0.2, 0.25) is 0 Å². The van der Waals surface area contributed by atoms with E-state index in [1.54, 1.807) is 0 Å². The number of benzene rings is 2. The summed E-state index contributed by atoms with van der Waals surface area (Å²) in [5, 5.41) is 6.70. The van der Waals surface area contributed by atoms with Crippen LogP contribution in [0.5, 0.6) is 0 Å². The quantitative estimate of drug-likeness (QED) is 0.548. The maximum atomic E-state index is 11.8. The molecule has 3 rings (SSSR count). The molecular weight excluding hydrogens is 348 g/mol. The van der Waals surface area contributed by atoms with Crippen LogP contribution in [0, 0.1) is 0 Å². The molecule has 1 heterocycles. The van der Waals surface area contributed by atoms with Crippen molar-refractivity contribution in [1.29, 1.82) is 0 Å². The Morgan fingerprint density at radius 2 is 1.75 bits per heavy atom. The lowest BCUT2D eigenvalue weighted by atomic mass is 10.1. The second kappa shape index (κ2) is 10.5. The summed E-state index contributed by atoms with van der Waals surface area (Å²) in [7, 11) is 0. The van der Waals surface area contributed by atoms with E-state index in [0.717, 1.165) is 44.0 Å². The zero-order valence-electron chi connectivity index (χ0n) is 16.7. The van der Waals surface area contributed by atoms with Gasteiger partial charge < -0.3 is 15.5 Å². The van der Waals surface area contributed by atoms with E-state index in [1.807, 2.05) is 11.0 Å². The summed E-state index contributed by atoms with van der Waals surface area (Å²) >= 11 is 0. The first-order chi connectivity index (χ1) is 13.7. The van der Waals surface area contributed by atoms with Gasteiger partial charge in [-0.25, -0.2) is 4.99 Å². The van der Waals surface area contributed by atoms with E-state index in [2.05, 4.69) is 71.1 Å². The summed E-state index contributed by atoms with van der Waals surface area (Å²) in [5.41, 5.74) is 3.66. The Morgan fingerprint density at radius 1 is 1.00 bits per heavy atom. The van der Waals surface area contributed by atoms with Gasteiger partial charge in [0, 0.05) is 32.6 Å². The van der Waals surface area contributed by atoms with Gasteiger partial charge in [0.2, 0.25) is 5.91 Å². The largest absolute Gasteiger partial charge is 0.357 e. The van der Waals surface area contributed by atoms with E-state index in [-0.39, 0.29) is 5.91 Å². The van der Waals surface area contributed by atoms with Crippen LogP contribution in [0.4, 0.5) is 0 Å². The zero-order valence-corrected chi connectivity index (χ0v) is 16.7. The van der Waals surface area contributed by atoms with Crippen molar-refractivity contribution in [3.8, 4) is 0 Å². The first-order valence-electron chi connectivity index (χ1n) is 10.2. The van der Waals surface area contributed by atoms with Crippen molar-refractivity contribution in [2.75, 3.05) is 19.6 Å². The average molecular weight is 379 g/mol. The summed E-state index contributed by atoms with van der Waals surface area (Å²) in [6.07, 6.45) is 2.64. The van der Waals surface area contributed by atoms with E-state index in [1.165, 1.54) is 11.1 Å². The third-order valence-corrected chi connectivity index (χ3v) is 4.88. The molecule has 1 aliphatic rings. The lowest BCUT2D eigenvalue weighted by Crippen LogP contribution is -2.38. The predicted molar refractivity (Wildman–Crippen MR) is 114 cm³/mol. The van der Waals surface area contributed by atoms with Crippen molar-refractivity contribution in [3.63, 3.8) is 0 Å². The summed E-state index contributed by atoms with van der Waals surface area (Å²) in [4.78, 5) is 18.4. The number of carbonyl (C=O) groups is 1. The zero-order chi connectivity index (χ0) is 19.6. The molecule has 0 saturated carbocycles. The Hall–Kier alpha value is -2.82. The van der Waals surface area contributed by atoms with Gasteiger partial charge >= 0.3 is 0 Å². The fraction of sp³-hybridized carbons (Fsp3) is 0.391. The van der Waals surface area contributed by atoms with Crippen LogP contribution in [0.15, 0.2) is 59.6 Å². The molecule has 1 fully saturated rings. The number of hydrogen-bond acceptors (Lipinski definition) is 2. The number of nitrogens with one attached hydrogen (secondary N) is 2. The van der Waals surface area contributed by atoms with Crippen molar-refractivity contribution in [2.24, 2.45) is 4.99 Å². The first kappa shape index (κ1) is 19.9. The molecule has 0 aliphatic carbocycles. The molecule has 5 nitrogen and oxygen atoms in total. The molecule has 5 heteroatoms. The molecule has 1 aliphatic heterocycles. The van der Waals surface area contributed by atoms with E-state index in [0.29, 0.717) is 19.5 Å². The third kappa shape index (κ3) is 6.12. The maximum Gasteiger partial charge on any atom is 0.222 e. The van der Waals surface area contributed by atoms with Crippen LogP contribution in [0.25, 0.3) is 0 Å². The molecule has 0 bridgehead atoms. The number of likely N-dealkylation sites (tertiary alicyclic amines) is 1. The molecule has 2 N–H and O–H groups in total. The van der Waals surface area contributed by atoms with Crippen molar-refractivity contribution < 1.29 is 4.79 Å². The number of hydrogen-bond donors (Lipinski definition) is 2. The average Bonchev–Trinajstić information content (AvgIpc) is 3.12. The van der Waals surface area contributed by atoms with Gasteiger partial charge in [0.15, 0.2) is 5.96 Å². The molecule has 28 heavy (non-hydrogen) atoms. The van der Waals surface area contributed by atoms with Gasteiger partial charge in [-0.2, -0.15) is 0 Å². The normalized spacial score (nSPS) is 14.4. The van der Waals surface area contributed by atoms with E-state index in [9.17, 15) is 4.79 Å². The van der Waals surface area contributed by atoms with Crippen molar-refractivity contribution in [2.45, 2.75) is 39.3 Å². The summed E-state index contributed by atoms with van der Waals surface area (Å²) in [6.45, 7) is 5.97. The van der Waals surface area contributed by atoms with Crippen molar-refractivity contribution in [1.82, 2.24) is 15.5 Å². The van der Waals surface area contributed by atoms with Gasteiger partial charge in [-0.15, -0.1) is 0 Å². The van der Waals surface area contributed by atoms with E-state index >= 15 is 0 Å². The molecule has 2 aromatic carbocycles. The Balaban J connectivity index is 1.49. The molecule has 1 saturated heterocycles. The highest BCUT2D eigenvalue weighted by Gasteiger charge is 2.19. The summed E-state index contributed by atoms with van der Waals surface area (Å²) in [6, 6.07) is 18.9. The third-order valence-electron chi connectivity index (χ3n) is 4.88. The molecule has 0 spiro atoms. The Kier molecular flexibility index (Phi) is 7.47. The fourth-order valence-electron chi connectivity index (χ4n) is 3.32. The second-order valence-electron chi connectivity index (χ2n) is 7.09. The van der Waals surface area contributed by atoms with Crippen LogP contribution >= 0.6 is 0 Å². The number of aliphatic imine (C=N–C) groups is 1. The number of nitrogens with zero attached hydrogens (tertiary/aromatic N) is 2. The van der Waals surface area contributed by atoms with Crippen LogP contribution in [-0.2, 0) is 24.3 Å². The minimum absolute atomic E-state index is 0.269. The van der Waals surface area contributed by atoms with Crippen molar-refractivity contribution in [3.05, 3.63) is 71.3 Å². The molecule has 0 atom stereocenters. The Bertz CT molecular complexity index is 771. The van der Waals surface area contributed by atoms with Gasteiger partial charge in [0.1, 0.15) is 0 Å². The standard InChI is InChI=1S/C23H30N4O/c1-2-24-23(25-15-14-19-7-4-3-5-8-19)26-17-20-10-12-21(13-11-20)18-27-16-6-9-22(27)28/h3-5,7-8,10-13H,2,6,9,14-18H2,1H3,(H2,24,25,26). The molecule has 148 valence electrons. The molecule has 0 unspecified atom stereocenters. The predicted octanol–water partition coefficient (Wildman–Crippen LogP) is 3.11. The van der Waals surface area contributed by atoms with Gasteiger partial charge in [0.25, 0.3) is 0 Å². The number of rotatable bonds is 8. The SMILES string of the molecule is CCNC(=NCc1ccc(CN2CCCC2=O)cc1)NCCc1ccccc1. The van der Waals surface area contributed by atoms with Crippen LogP contribution < -0.4 is 10.6 Å². The maximum absolute atomic E-state index is 11.8. The van der Waals surface area contributed by atoms with Gasteiger partial charge in [-0.3, -0.25) is 4.79 Å². The fourth-order valence-corrected chi connectivity index (χ4v) is 3.32. The highest BCUT2D eigenvalue weighted by Crippen LogP contribution is 2.15. The first-order valence-corrected chi connectivity index (χ1v) is 10.2. The van der Waals surface area contributed by atoms with Gasteiger partial charge in [-0.05, 0) is 36.5 Å². The Morgan fingerprint density at radius 3 is 2.43 bits per heavy atom. The molecule has 1 amide bonds. The van der Waals surface area contributed by atoms with E-state index in [4.69, 9.17) is 0 Å². The van der Waals surface area contributed by atoms with Crippen molar-refractivity contribution >= 4 is 11.9 Å². The van der Waals surface area contributed by atoms with Gasteiger partial charge in [-0.1, -0.05) is 54.6 Å². The lowest BCUT2D eigenvalue weighted by Gasteiger charge is -2.15. The number of amides is 1. The van der Waals surface area contributed by atoms with Crippen LogP contribution in [-0.4, -0.2) is 36.4 Å². The second-order valence-corrected chi connectivity index (χ2v) is 7.09.